The molecule has 6 nitrogen and oxygen atoms in total. The maximum absolute atomic E-state index is 11.7. The Morgan fingerprint density at radius 3 is 2.94 bits per heavy atom. The van der Waals surface area contributed by atoms with Crippen LogP contribution in [0.25, 0.3) is 0 Å². The van der Waals surface area contributed by atoms with Gasteiger partial charge in [0.15, 0.2) is 0 Å². The van der Waals surface area contributed by atoms with Crippen LogP contribution in [0, 0.1) is 0 Å². The molecule has 3 N–H and O–H groups in total. The first-order valence-electron chi connectivity index (χ1n) is 5.81. The summed E-state index contributed by atoms with van der Waals surface area (Å²) >= 11 is 0. The van der Waals surface area contributed by atoms with Crippen molar-refractivity contribution in [3.05, 3.63) is 18.1 Å². The van der Waals surface area contributed by atoms with E-state index in [1.165, 1.54) is 0 Å². The average molecular weight is 235 g/mol. The Bertz CT molecular complexity index is 391. The van der Waals surface area contributed by atoms with Gasteiger partial charge in [-0.15, -0.1) is 0 Å². The predicted octanol–water partition coefficient (Wildman–Crippen LogP) is -0.350. The number of hydrogen-bond acceptors (Lipinski definition) is 5. The van der Waals surface area contributed by atoms with E-state index >= 15 is 0 Å². The lowest BCUT2D eigenvalue weighted by Gasteiger charge is -2.35. The highest BCUT2D eigenvalue weighted by Crippen LogP contribution is 2.17. The Morgan fingerprint density at radius 1 is 1.53 bits per heavy atom. The van der Waals surface area contributed by atoms with Crippen LogP contribution in [-0.2, 0) is 11.3 Å². The Hall–Kier alpha value is -1.69. The summed E-state index contributed by atoms with van der Waals surface area (Å²) in [5, 5.41) is 2.86. The molecule has 0 aliphatic carbocycles. The summed E-state index contributed by atoms with van der Waals surface area (Å²) in [5.74, 6) is 0.798. The molecule has 1 amide bonds. The maximum Gasteiger partial charge on any atom is 0.242 e. The van der Waals surface area contributed by atoms with Crippen LogP contribution in [0.5, 0.6) is 0 Å². The van der Waals surface area contributed by atoms with Crippen molar-refractivity contribution in [2.45, 2.75) is 25.9 Å². The molecule has 17 heavy (non-hydrogen) atoms. The van der Waals surface area contributed by atoms with Gasteiger partial charge in [0.1, 0.15) is 11.9 Å². The van der Waals surface area contributed by atoms with Gasteiger partial charge in [0.25, 0.3) is 0 Å². The fourth-order valence-corrected chi connectivity index (χ4v) is 2.00. The van der Waals surface area contributed by atoms with E-state index in [0.717, 1.165) is 24.5 Å². The second kappa shape index (κ2) is 5.09. The lowest BCUT2D eigenvalue weighted by atomic mass is 10.1. The summed E-state index contributed by atoms with van der Waals surface area (Å²) in [7, 11) is 0. The predicted molar refractivity (Wildman–Crippen MR) is 64.4 cm³/mol. The van der Waals surface area contributed by atoms with Gasteiger partial charge in [-0.25, -0.2) is 4.98 Å². The van der Waals surface area contributed by atoms with E-state index in [-0.39, 0.29) is 11.9 Å². The van der Waals surface area contributed by atoms with Crippen molar-refractivity contribution in [2.24, 2.45) is 5.73 Å². The van der Waals surface area contributed by atoms with E-state index in [2.05, 4.69) is 15.3 Å². The van der Waals surface area contributed by atoms with Gasteiger partial charge >= 0.3 is 0 Å². The number of aromatic nitrogens is 2. The lowest BCUT2D eigenvalue weighted by molar-refractivity contribution is -0.123. The Kier molecular flexibility index (Phi) is 3.53. The molecule has 0 aromatic carbocycles. The Morgan fingerprint density at radius 2 is 2.35 bits per heavy atom. The largest absolute Gasteiger partial charge is 0.353 e. The number of anilines is 1. The molecule has 1 aromatic heterocycles. The number of carbonyl (C=O) groups excluding carboxylic acids is 1. The molecule has 1 aromatic rings. The first kappa shape index (κ1) is 11.8. The van der Waals surface area contributed by atoms with Gasteiger partial charge in [-0.1, -0.05) is 6.92 Å². The number of piperazine rings is 1. The van der Waals surface area contributed by atoms with E-state index < -0.39 is 0 Å². The molecule has 92 valence electrons. The molecule has 1 aliphatic heterocycles. The van der Waals surface area contributed by atoms with Crippen LogP contribution in [0.15, 0.2) is 12.4 Å². The highest BCUT2D eigenvalue weighted by molar-refractivity contribution is 5.86. The standard InChI is InChI=1S/C11H17N5O/c1-2-9-11(17)13-3-4-16(9)10-7-14-8(5-12)6-15-10/h6-7,9H,2-5,12H2,1H3,(H,13,17). The molecule has 0 saturated carbocycles. The SMILES string of the molecule is CCC1C(=O)NCCN1c1cnc(CN)cn1. The van der Waals surface area contributed by atoms with Crippen LogP contribution in [0.4, 0.5) is 5.82 Å². The molecule has 1 aliphatic rings. The minimum absolute atomic E-state index is 0.0588. The smallest absolute Gasteiger partial charge is 0.242 e. The van der Waals surface area contributed by atoms with Crippen molar-refractivity contribution in [3.63, 3.8) is 0 Å². The minimum atomic E-state index is -0.151. The summed E-state index contributed by atoms with van der Waals surface area (Å²) in [6.45, 7) is 3.78. The topological polar surface area (TPSA) is 84.1 Å². The number of carbonyl (C=O) groups is 1. The third kappa shape index (κ3) is 2.36. The van der Waals surface area contributed by atoms with Crippen molar-refractivity contribution in [1.82, 2.24) is 15.3 Å². The van der Waals surface area contributed by atoms with E-state index in [9.17, 15) is 4.79 Å². The van der Waals surface area contributed by atoms with Crippen molar-refractivity contribution in [1.29, 1.82) is 0 Å². The van der Waals surface area contributed by atoms with Gasteiger partial charge in [-0.3, -0.25) is 9.78 Å². The van der Waals surface area contributed by atoms with Crippen molar-refractivity contribution < 1.29 is 4.79 Å². The fourth-order valence-electron chi connectivity index (χ4n) is 2.00. The second-order valence-corrected chi connectivity index (χ2v) is 3.98. The summed E-state index contributed by atoms with van der Waals surface area (Å²) in [5.41, 5.74) is 6.23. The second-order valence-electron chi connectivity index (χ2n) is 3.98. The van der Waals surface area contributed by atoms with Gasteiger partial charge < -0.3 is 16.0 Å². The molecular formula is C11H17N5O. The summed E-state index contributed by atoms with van der Waals surface area (Å²) in [6.07, 6.45) is 4.10. The normalized spacial score (nSPS) is 20.2. The molecule has 0 radical (unpaired) electrons. The summed E-state index contributed by atoms with van der Waals surface area (Å²) < 4.78 is 0. The van der Waals surface area contributed by atoms with Crippen LogP contribution in [0.1, 0.15) is 19.0 Å². The van der Waals surface area contributed by atoms with Crippen LogP contribution in [-0.4, -0.2) is 35.0 Å². The molecule has 2 heterocycles. The summed E-state index contributed by atoms with van der Waals surface area (Å²) in [6, 6.07) is -0.151. The Labute approximate surface area is 100 Å². The highest BCUT2D eigenvalue weighted by atomic mass is 16.2. The van der Waals surface area contributed by atoms with Crippen LogP contribution in [0.3, 0.4) is 0 Å². The van der Waals surface area contributed by atoms with Crippen LogP contribution in [0.2, 0.25) is 0 Å². The van der Waals surface area contributed by atoms with Gasteiger partial charge in [-0.2, -0.15) is 0 Å². The number of hydrogen-bond donors (Lipinski definition) is 2. The van der Waals surface area contributed by atoms with Gasteiger partial charge in [0.05, 0.1) is 18.1 Å². The highest BCUT2D eigenvalue weighted by Gasteiger charge is 2.28. The van der Waals surface area contributed by atoms with E-state index in [1.54, 1.807) is 12.4 Å². The third-order valence-corrected chi connectivity index (χ3v) is 2.91. The van der Waals surface area contributed by atoms with Crippen LogP contribution < -0.4 is 16.0 Å². The number of amides is 1. The maximum atomic E-state index is 11.7. The van der Waals surface area contributed by atoms with Gasteiger partial charge in [0, 0.05) is 19.6 Å². The number of nitrogens with zero attached hydrogens (tertiary/aromatic N) is 3. The monoisotopic (exact) mass is 235 g/mol. The van der Waals surface area contributed by atoms with Crippen molar-refractivity contribution >= 4 is 11.7 Å². The number of rotatable bonds is 3. The molecule has 1 unspecified atom stereocenters. The number of nitrogens with one attached hydrogen (secondary N) is 1. The van der Waals surface area contributed by atoms with Crippen LogP contribution >= 0.6 is 0 Å². The number of nitrogens with two attached hydrogens (primary N) is 1. The molecular weight excluding hydrogens is 218 g/mol. The van der Waals surface area contributed by atoms with Crippen molar-refractivity contribution in [2.75, 3.05) is 18.0 Å². The van der Waals surface area contributed by atoms with E-state index in [0.29, 0.717) is 13.1 Å². The fraction of sp³-hybridized carbons (Fsp3) is 0.545. The first-order chi connectivity index (χ1) is 8.26. The molecule has 1 fully saturated rings. The van der Waals surface area contributed by atoms with E-state index in [4.69, 9.17) is 5.73 Å². The molecule has 6 heteroatoms. The average Bonchev–Trinajstić information content (AvgIpc) is 2.38. The van der Waals surface area contributed by atoms with Gasteiger partial charge in [-0.05, 0) is 6.42 Å². The summed E-state index contributed by atoms with van der Waals surface area (Å²) in [4.78, 5) is 22.2. The minimum Gasteiger partial charge on any atom is -0.353 e. The quantitative estimate of drug-likeness (QED) is 0.748. The zero-order valence-corrected chi connectivity index (χ0v) is 9.89. The third-order valence-electron chi connectivity index (χ3n) is 2.91. The lowest BCUT2D eigenvalue weighted by Crippen LogP contribution is -2.55. The molecule has 0 bridgehead atoms. The molecule has 1 atom stereocenters. The molecule has 0 spiro atoms. The molecule has 2 rings (SSSR count). The van der Waals surface area contributed by atoms with Gasteiger partial charge in [0.2, 0.25) is 5.91 Å². The van der Waals surface area contributed by atoms with Crippen molar-refractivity contribution in [3.8, 4) is 0 Å². The zero-order chi connectivity index (χ0) is 12.3. The first-order valence-corrected chi connectivity index (χ1v) is 5.81. The van der Waals surface area contributed by atoms with E-state index in [1.807, 2.05) is 11.8 Å². The zero-order valence-electron chi connectivity index (χ0n) is 9.89. The Balaban J connectivity index is 2.21. The molecule has 1 saturated heterocycles.